The zero-order chi connectivity index (χ0) is 15.2. The van der Waals surface area contributed by atoms with Crippen molar-refractivity contribution in [3.63, 3.8) is 0 Å². The molecular formula is C15H15ClF3NO. The quantitative estimate of drug-likeness (QED) is 0.762. The van der Waals surface area contributed by atoms with Crippen LogP contribution in [0.3, 0.4) is 0 Å². The Balaban J connectivity index is 1.99. The number of anilines is 1. The average Bonchev–Trinajstić information content (AvgIpc) is 2.37. The zero-order valence-electron chi connectivity index (χ0n) is 11.3. The van der Waals surface area contributed by atoms with Crippen molar-refractivity contribution in [3.05, 3.63) is 28.8 Å². The Morgan fingerprint density at radius 2 is 1.76 bits per heavy atom. The molecule has 3 rings (SSSR count). The third-order valence-electron chi connectivity index (χ3n) is 4.34. The maximum atomic E-state index is 13.0. The summed E-state index contributed by atoms with van der Waals surface area (Å²) in [5.74, 6) is 0.214. The molecule has 114 valence electrons. The largest absolute Gasteiger partial charge is 0.417 e. The predicted molar refractivity (Wildman–Crippen MR) is 74.6 cm³/mol. The molecule has 2 unspecified atom stereocenters. The second-order valence-corrected chi connectivity index (χ2v) is 6.16. The van der Waals surface area contributed by atoms with Gasteiger partial charge in [-0.3, -0.25) is 4.79 Å². The van der Waals surface area contributed by atoms with E-state index in [-0.39, 0.29) is 22.9 Å². The van der Waals surface area contributed by atoms with Gasteiger partial charge < -0.3 is 4.90 Å². The molecule has 2 nitrogen and oxygen atoms in total. The molecule has 0 saturated carbocycles. The van der Waals surface area contributed by atoms with Crippen LogP contribution in [0.15, 0.2) is 18.2 Å². The number of fused-ring (bicyclic) bond motifs is 2. The summed E-state index contributed by atoms with van der Waals surface area (Å²) < 4.78 is 39.0. The molecule has 2 atom stereocenters. The summed E-state index contributed by atoms with van der Waals surface area (Å²) in [6, 6.07) is 4.08. The van der Waals surface area contributed by atoms with Gasteiger partial charge in [-0.1, -0.05) is 11.6 Å². The highest BCUT2D eigenvalue weighted by Crippen LogP contribution is 2.41. The van der Waals surface area contributed by atoms with Crippen molar-refractivity contribution >= 4 is 23.1 Å². The first-order valence-corrected chi connectivity index (χ1v) is 7.41. The third kappa shape index (κ3) is 2.76. The number of carbonyl (C=O) groups excluding carboxylic acids is 1. The van der Waals surface area contributed by atoms with Gasteiger partial charge in [-0.25, -0.2) is 0 Å². The van der Waals surface area contributed by atoms with E-state index in [4.69, 9.17) is 11.6 Å². The number of halogens is 4. The van der Waals surface area contributed by atoms with Crippen molar-refractivity contribution in [2.24, 2.45) is 0 Å². The van der Waals surface area contributed by atoms with Gasteiger partial charge in [-0.15, -0.1) is 0 Å². The maximum Gasteiger partial charge on any atom is 0.417 e. The van der Waals surface area contributed by atoms with Gasteiger partial charge in [0.2, 0.25) is 0 Å². The van der Waals surface area contributed by atoms with E-state index >= 15 is 0 Å². The third-order valence-corrected chi connectivity index (χ3v) is 4.67. The summed E-state index contributed by atoms with van der Waals surface area (Å²) in [5.41, 5.74) is -0.287. The van der Waals surface area contributed by atoms with Crippen LogP contribution in [0.2, 0.25) is 5.02 Å². The second kappa shape index (κ2) is 5.20. The highest BCUT2D eigenvalue weighted by molar-refractivity contribution is 6.31. The fourth-order valence-electron chi connectivity index (χ4n) is 3.49. The molecular weight excluding hydrogens is 303 g/mol. The van der Waals surface area contributed by atoms with Crippen LogP contribution >= 0.6 is 11.6 Å². The van der Waals surface area contributed by atoms with Crippen LogP contribution in [-0.4, -0.2) is 17.9 Å². The zero-order valence-corrected chi connectivity index (χ0v) is 12.0. The Kier molecular flexibility index (Phi) is 3.64. The summed E-state index contributed by atoms with van der Waals surface area (Å²) >= 11 is 5.67. The summed E-state index contributed by atoms with van der Waals surface area (Å²) in [5, 5.41) is -0.288. The highest BCUT2D eigenvalue weighted by atomic mass is 35.5. The standard InChI is InChI=1S/C15H15ClF3NO/c16-14-5-4-11(8-13(14)15(17,18)19)20-9-2-1-3-10(20)7-12(21)6-9/h4-5,8-10H,1-3,6-7H2. The second-order valence-electron chi connectivity index (χ2n) is 5.75. The first-order valence-electron chi connectivity index (χ1n) is 7.03. The Bertz CT molecular complexity index is 557. The number of hydrogen-bond acceptors (Lipinski definition) is 2. The van der Waals surface area contributed by atoms with Crippen LogP contribution in [0.5, 0.6) is 0 Å². The lowest BCUT2D eigenvalue weighted by Crippen LogP contribution is -2.52. The molecule has 2 fully saturated rings. The Morgan fingerprint density at radius 1 is 1.14 bits per heavy atom. The van der Waals surface area contributed by atoms with Gasteiger partial charge in [0.05, 0.1) is 10.6 Å². The number of Topliss-reactive ketones (excluding diaryl/α,β-unsaturated/α-hetero) is 1. The number of benzene rings is 1. The van der Waals surface area contributed by atoms with Gasteiger partial charge in [-0.05, 0) is 37.5 Å². The van der Waals surface area contributed by atoms with Crippen molar-refractivity contribution in [1.29, 1.82) is 0 Å². The molecule has 1 aromatic rings. The number of rotatable bonds is 1. The monoisotopic (exact) mass is 317 g/mol. The Morgan fingerprint density at radius 3 is 2.33 bits per heavy atom. The molecule has 0 aliphatic carbocycles. The molecule has 2 bridgehead atoms. The van der Waals surface area contributed by atoms with Gasteiger partial charge in [0.1, 0.15) is 5.78 Å². The molecule has 0 aromatic heterocycles. The molecule has 0 N–H and O–H groups in total. The highest BCUT2D eigenvalue weighted by Gasteiger charge is 2.39. The minimum Gasteiger partial charge on any atom is -0.365 e. The lowest BCUT2D eigenvalue weighted by molar-refractivity contribution is -0.137. The molecule has 0 spiro atoms. The first kappa shape index (κ1) is 14.7. The SMILES string of the molecule is O=C1CC2CCCC(C1)N2c1ccc(Cl)c(C(F)(F)F)c1. The Hall–Kier alpha value is -1.23. The van der Waals surface area contributed by atoms with Crippen LogP contribution < -0.4 is 4.90 Å². The van der Waals surface area contributed by atoms with Gasteiger partial charge in [0, 0.05) is 30.6 Å². The van der Waals surface area contributed by atoms with Crippen LogP contribution in [0.4, 0.5) is 18.9 Å². The van der Waals surface area contributed by atoms with Crippen LogP contribution in [-0.2, 0) is 11.0 Å². The van der Waals surface area contributed by atoms with E-state index in [1.54, 1.807) is 6.07 Å². The van der Waals surface area contributed by atoms with Crippen LogP contribution in [0.25, 0.3) is 0 Å². The van der Waals surface area contributed by atoms with Gasteiger partial charge >= 0.3 is 6.18 Å². The smallest absolute Gasteiger partial charge is 0.365 e. The van der Waals surface area contributed by atoms with Gasteiger partial charge in [0.15, 0.2) is 0 Å². The van der Waals surface area contributed by atoms with E-state index in [1.807, 2.05) is 4.90 Å². The fourth-order valence-corrected chi connectivity index (χ4v) is 3.71. The van der Waals surface area contributed by atoms with Gasteiger partial charge in [-0.2, -0.15) is 13.2 Å². The number of piperidine rings is 2. The van der Waals surface area contributed by atoms with E-state index in [2.05, 4.69) is 0 Å². The minimum atomic E-state index is -4.46. The number of hydrogen-bond donors (Lipinski definition) is 0. The van der Waals surface area contributed by atoms with Crippen LogP contribution in [0, 0.1) is 0 Å². The van der Waals surface area contributed by atoms with Crippen molar-refractivity contribution in [2.45, 2.75) is 50.4 Å². The molecule has 6 heteroatoms. The van der Waals surface area contributed by atoms with E-state index in [9.17, 15) is 18.0 Å². The lowest BCUT2D eigenvalue weighted by atomic mass is 9.83. The fraction of sp³-hybridized carbons (Fsp3) is 0.533. The molecule has 21 heavy (non-hydrogen) atoms. The van der Waals surface area contributed by atoms with Crippen molar-refractivity contribution in [2.75, 3.05) is 4.90 Å². The number of alkyl halides is 3. The van der Waals surface area contributed by atoms with E-state index in [1.165, 1.54) is 6.07 Å². The van der Waals surface area contributed by atoms with E-state index in [0.29, 0.717) is 18.5 Å². The predicted octanol–water partition coefficient (Wildman–Crippen LogP) is 4.45. The summed E-state index contributed by atoms with van der Waals surface area (Å²) in [4.78, 5) is 13.7. The normalized spacial score (nSPS) is 26.1. The molecule has 0 radical (unpaired) electrons. The summed E-state index contributed by atoms with van der Waals surface area (Å²) in [6.45, 7) is 0. The average molecular weight is 318 g/mol. The lowest BCUT2D eigenvalue weighted by Gasteiger charge is -2.47. The number of ketones is 1. The molecule has 2 aliphatic heterocycles. The van der Waals surface area contributed by atoms with Crippen LogP contribution in [0.1, 0.15) is 37.7 Å². The molecule has 1 aromatic carbocycles. The van der Waals surface area contributed by atoms with Crippen molar-refractivity contribution in [1.82, 2.24) is 0 Å². The number of nitrogens with zero attached hydrogens (tertiary/aromatic N) is 1. The Labute approximate surface area is 125 Å². The summed E-state index contributed by atoms with van der Waals surface area (Å²) in [6.07, 6.45) is -0.869. The van der Waals surface area contributed by atoms with Crippen molar-refractivity contribution in [3.8, 4) is 0 Å². The van der Waals surface area contributed by atoms with Gasteiger partial charge in [0.25, 0.3) is 0 Å². The first-order chi connectivity index (χ1) is 9.86. The molecule has 2 aliphatic rings. The topological polar surface area (TPSA) is 20.3 Å². The summed E-state index contributed by atoms with van der Waals surface area (Å²) in [7, 11) is 0. The van der Waals surface area contributed by atoms with Crippen molar-refractivity contribution < 1.29 is 18.0 Å². The molecule has 0 amide bonds. The minimum absolute atomic E-state index is 0.0206. The number of carbonyl (C=O) groups is 1. The maximum absolute atomic E-state index is 13.0. The molecule has 2 heterocycles. The molecule has 2 saturated heterocycles. The van der Waals surface area contributed by atoms with E-state index in [0.717, 1.165) is 25.3 Å². The van der Waals surface area contributed by atoms with E-state index < -0.39 is 11.7 Å².